The van der Waals surface area contributed by atoms with Gasteiger partial charge in [-0.25, -0.2) is 0 Å². The number of hydrogen-bond donors (Lipinski definition) is 1. The van der Waals surface area contributed by atoms with Gasteiger partial charge in [-0.05, 0) is 55.5 Å². The molecule has 33 heavy (non-hydrogen) atoms. The summed E-state index contributed by atoms with van der Waals surface area (Å²) in [5.74, 6) is -0.320. The average Bonchev–Trinajstić information content (AvgIpc) is 3.42. The average molecular weight is 485 g/mol. The van der Waals surface area contributed by atoms with E-state index in [1.165, 1.54) is 17.8 Å². The number of nitrogens with zero attached hydrogens (tertiary/aromatic N) is 3. The number of hydrogen-bond acceptors (Lipinski definition) is 4. The summed E-state index contributed by atoms with van der Waals surface area (Å²) in [7, 11) is 1.83. The van der Waals surface area contributed by atoms with E-state index in [0.29, 0.717) is 10.7 Å². The summed E-state index contributed by atoms with van der Waals surface area (Å²) < 4.78 is 1.69. The monoisotopic (exact) mass is 484 g/mol. The van der Waals surface area contributed by atoms with Crippen LogP contribution in [-0.2, 0) is 23.1 Å². The van der Waals surface area contributed by atoms with E-state index >= 15 is 0 Å². The molecule has 0 bridgehead atoms. The normalized spacial score (nSPS) is 15.2. The van der Waals surface area contributed by atoms with Crippen molar-refractivity contribution in [3.05, 3.63) is 69.1 Å². The molecule has 1 saturated carbocycles. The highest BCUT2D eigenvalue weighted by molar-refractivity contribution is 7.10. The number of aryl methyl sites for hydroxylation is 2. The zero-order chi connectivity index (χ0) is 23.4. The van der Waals surface area contributed by atoms with Crippen molar-refractivity contribution in [3.8, 4) is 0 Å². The van der Waals surface area contributed by atoms with Gasteiger partial charge in [-0.1, -0.05) is 36.9 Å². The number of benzene rings is 1. The largest absolute Gasteiger partial charge is 0.351 e. The van der Waals surface area contributed by atoms with Gasteiger partial charge in [0.25, 0.3) is 0 Å². The molecule has 1 N–H and O–H groups in total. The van der Waals surface area contributed by atoms with Gasteiger partial charge < -0.3 is 5.32 Å². The molecular weight excluding hydrogens is 456 g/mol. The van der Waals surface area contributed by atoms with Crippen LogP contribution in [0.2, 0.25) is 5.02 Å². The lowest BCUT2D eigenvalue weighted by Gasteiger charge is -2.33. The maximum atomic E-state index is 13.8. The van der Waals surface area contributed by atoms with Crippen LogP contribution in [0.5, 0.6) is 0 Å². The number of thiophene rings is 1. The van der Waals surface area contributed by atoms with E-state index in [1.54, 1.807) is 33.8 Å². The van der Waals surface area contributed by atoms with Crippen molar-refractivity contribution in [1.29, 1.82) is 0 Å². The van der Waals surface area contributed by atoms with Gasteiger partial charge in [0.2, 0.25) is 11.8 Å². The van der Waals surface area contributed by atoms with Crippen molar-refractivity contribution in [2.75, 3.05) is 4.90 Å². The maximum Gasteiger partial charge on any atom is 0.248 e. The number of amides is 2. The van der Waals surface area contributed by atoms with Gasteiger partial charge in [-0.3, -0.25) is 19.2 Å². The van der Waals surface area contributed by atoms with Crippen molar-refractivity contribution in [2.24, 2.45) is 7.05 Å². The Labute approximate surface area is 203 Å². The van der Waals surface area contributed by atoms with Gasteiger partial charge >= 0.3 is 0 Å². The molecule has 3 aromatic rings. The summed E-state index contributed by atoms with van der Waals surface area (Å²) in [5.41, 5.74) is 2.08. The van der Waals surface area contributed by atoms with Crippen LogP contribution in [0.4, 0.5) is 5.69 Å². The molecule has 4 rings (SSSR count). The van der Waals surface area contributed by atoms with E-state index in [9.17, 15) is 9.59 Å². The van der Waals surface area contributed by atoms with E-state index in [0.717, 1.165) is 41.8 Å². The molecule has 0 aliphatic heterocycles. The SMILES string of the molecule is Cc1nn(C)cc1[C@@H](C(=O)NC1CCCCC1)N(C(=O)Cc1cccs1)c1ccc(Cl)cc1. The number of carbonyl (C=O) groups excluding carboxylic acids is 2. The highest BCUT2D eigenvalue weighted by atomic mass is 35.5. The molecule has 0 radical (unpaired) electrons. The molecule has 2 heterocycles. The van der Waals surface area contributed by atoms with Gasteiger partial charge in [-0.15, -0.1) is 11.3 Å². The van der Waals surface area contributed by atoms with Crippen LogP contribution < -0.4 is 10.2 Å². The molecule has 8 heteroatoms. The molecule has 6 nitrogen and oxygen atoms in total. The van der Waals surface area contributed by atoms with E-state index in [1.807, 2.05) is 37.7 Å². The summed E-state index contributed by atoms with van der Waals surface area (Å²) in [6.07, 6.45) is 7.41. The molecule has 1 fully saturated rings. The number of nitrogens with one attached hydrogen (secondary N) is 1. The van der Waals surface area contributed by atoms with Gasteiger partial charge in [0.15, 0.2) is 0 Å². The Bertz CT molecular complexity index is 1090. The van der Waals surface area contributed by atoms with E-state index < -0.39 is 6.04 Å². The number of anilines is 1. The van der Waals surface area contributed by atoms with E-state index in [-0.39, 0.29) is 24.3 Å². The highest BCUT2D eigenvalue weighted by Gasteiger charge is 2.36. The predicted molar refractivity (Wildman–Crippen MR) is 133 cm³/mol. The van der Waals surface area contributed by atoms with Crippen molar-refractivity contribution in [2.45, 2.75) is 57.5 Å². The van der Waals surface area contributed by atoms with E-state index in [4.69, 9.17) is 11.6 Å². The van der Waals surface area contributed by atoms with Crippen molar-refractivity contribution in [1.82, 2.24) is 15.1 Å². The third-order valence-corrected chi connectivity index (χ3v) is 7.21. The molecular formula is C25H29ClN4O2S. The van der Waals surface area contributed by atoms with Gasteiger partial charge in [0, 0.05) is 40.4 Å². The molecule has 1 aliphatic carbocycles. The maximum absolute atomic E-state index is 13.8. The minimum Gasteiger partial charge on any atom is -0.351 e. The topological polar surface area (TPSA) is 67.2 Å². The summed E-state index contributed by atoms with van der Waals surface area (Å²) in [6.45, 7) is 1.88. The second-order valence-corrected chi connectivity index (χ2v) is 10.1. The van der Waals surface area contributed by atoms with Crippen LogP contribution in [0, 0.1) is 6.92 Å². The van der Waals surface area contributed by atoms with Crippen LogP contribution >= 0.6 is 22.9 Å². The smallest absolute Gasteiger partial charge is 0.248 e. The Morgan fingerprint density at radius 3 is 2.55 bits per heavy atom. The van der Waals surface area contributed by atoms with Gasteiger partial charge in [-0.2, -0.15) is 5.10 Å². The minimum atomic E-state index is -0.825. The van der Waals surface area contributed by atoms with Crippen molar-refractivity contribution >= 4 is 40.4 Å². The lowest BCUT2D eigenvalue weighted by Crippen LogP contribution is -2.47. The highest BCUT2D eigenvalue weighted by Crippen LogP contribution is 2.32. The Kier molecular flexibility index (Phi) is 7.50. The fourth-order valence-corrected chi connectivity index (χ4v) is 5.32. The van der Waals surface area contributed by atoms with Crippen LogP contribution in [0.15, 0.2) is 48.0 Å². The Morgan fingerprint density at radius 2 is 1.94 bits per heavy atom. The summed E-state index contributed by atoms with van der Waals surface area (Å²) >= 11 is 7.67. The van der Waals surface area contributed by atoms with Crippen LogP contribution in [0.25, 0.3) is 0 Å². The minimum absolute atomic E-state index is 0.130. The molecule has 1 aliphatic rings. The Balaban J connectivity index is 1.75. The first-order chi connectivity index (χ1) is 15.9. The lowest BCUT2D eigenvalue weighted by atomic mass is 9.94. The molecule has 2 amide bonds. The number of halogens is 1. The fourth-order valence-electron chi connectivity index (χ4n) is 4.50. The second kappa shape index (κ2) is 10.5. The number of carbonyl (C=O) groups is 2. The van der Waals surface area contributed by atoms with E-state index in [2.05, 4.69) is 10.4 Å². The summed E-state index contributed by atoms with van der Waals surface area (Å²) in [5, 5.41) is 10.2. The summed E-state index contributed by atoms with van der Waals surface area (Å²) in [4.78, 5) is 30.1. The molecule has 0 spiro atoms. The molecule has 0 unspecified atom stereocenters. The van der Waals surface area contributed by atoms with Crippen LogP contribution in [0.1, 0.15) is 54.3 Å². The Morgan fingerprint density at radius 1 is 1.21 bits per heavy atom. The first kappa shape index (κ1) is 23.5. The van der Waals surface area contributed by atoms with Gasteiger partial charge in [0.05, 0.1) is 12.1 Å². The van der Waals surface area contributed by atoms with Crippen molar-refractivity contribution in [3.63, 3.8) is 0 Å². The number of rotatable bonds is 7. The predicted octanol–water partition coefficient (Wildman–Crippen LogP) is 5.21. The zero-order valence-corrected chi connectivity index (χ0v) is 20.5. The lowest BCUT2D eigenvalue weighted by molar-refractivity contribution is -0.127. The van der Waals surface area contributed by atoms with Crippen LogP contribution in [-0.4, -0.2) is 27.6 Å². The number of aromatic nitrogens is 2. The molecule has 174 valence electrons. The third kappa shape index (κ3) is 5.65. The first-order valence-electron chi connectivity index (χ1n) is 11.3. The van der Waals surface area contributed by atoms with Gasteiger partial charge in [0.1, 0.15) is 6.04 Å². The standard InChI is InChI=1S/C25H29ClN4O2S/c1-17-22(16-29(2)28-17)24(25(32)27-19-7-4-3-5-8-19)30(20-12-10-18(26)11-13-20)23(31)15-21-9-6-14-33-21/h6,9-14,16,19,24H,3-5,7-8,15H2,1-2H3,(H,27,32)/t24-/m0/s1. The fraction of sp³-hybridized carbons (Fsp3) is 0.400. The molecule has 1 atom stereocenters. The van der Waals surface area contributed by atoms with Crippen molar-refractivity contribution < 1.29 is 9.59 Å². The second-order valence-electron chi connectivity index (χ2n) is 8.59. The van der Waals surface area contributed by atoms with Crippen LogP contribution in [0.3, 0.4) is 0 Å². The molecule has 0 saturated heterocycles. The first-order valence-corrected chi connectivity index (χ1v) is 12.6. The third-order valence-electron chi connectivity index (χ3n) is 6.08. The molecule has 2 aromatic heterocycles. The quantitative estimate of drug-likeness (QED) is 0.500. The molecule has 1 aromatic carbocycles. The Hall–Kier alpha value is -2.64. The summed E-state index contributed by atoms with van der Waals surface area (Å²) in [6, 6.07) is 10.2. The zero-order valence-electron chi connectivity index (χ0n) is 19.0.